The third-order valence-electron chi connectivity index (χ3n) is 2.50. The third-order valence-corrected chi connectivity index (χ3v) is 2.50. The Bertz CT molecular complexity index is 509. The van der Waals surface area contributed by atoms with Gasteiger partial charge in [0.15, 0.2) is 0 Å². The number of aromatic nitrogens is 1. The van der Waals surface area contributed by atoms with Gasteiger partial charge in [-0.25, -0.2) is 0 Å². The van der Waals surface area contributed by atoms with Gasteiger partial charge in [0.1, 0.15) is 5.75 Å². The van der Waals surface area contributed by atoms with Crippen molar-refractivity contribution in [2.75, 3.05) is 12.8 Å². The molecule has 0 aliphatic heterocycles. The van der Waals surface area contributed by atoms with E-state index in [1.54, 1.807) is 19.5 Å². The first-order valence-electron chi connectivity index (χ1n) is 5.07. The summed E-state index contributed by atoms with van der Waals surface area (Å²) in [6.07, 6.45) is 3.46. The fraction of sp³-hybridized carbons (Fsp3) is 0.154. The van der Waals surface area contributed by atoms with Crippen LogP contribution in [0, 0.1) is 6.92 Å². The molecule has 0 radical (unpaired) electrons. The normalized spacial score (nSPS) is 10.1. The molecule has 0 atom stereocenters. The van der Waals surface area contributed by atoms with Crippen LogP contribution in [-0.2, 0) is 0 Å². The fourth-order valence-electron chi connectivity index (χ4n) is 1.69. The maximum absolute atomic E-state index is 5.99. The minimum Gasteiger partial charge on any atom is -0.496 e. The van der Waals surface area contributed by atoms with Crippen molar-refractivity contribution in [2.24, 2.45) is 0 Å². The number of hydrogen-bond acceptors (Lipinski definition) is 3. The Kier molecular flexibility index (Phi) is 2.77. The average molecular weight is 214 g/mol. The second-order valence-corrected chi connectivity index (χ2v) is 3.67. The van der Waals surface area contributed by atoms with Gasteiger partial charge in [0, 0.05) is 29.2 Å². The molecule has 1 aromatic heterocycles. The van der Waals surface area contributed by atoms with E-state index in [1.165, 1.54) is 0 Å². The van der Waals surface area contributed by atoms with Gasteiger partial charge in [0.25, 0.3) is 0 Å². The summed E-state index contributed by atoms with van der Waals surface area (Å²) in [6.45, 7) is 2.01. The summed E-state index contributed by atoms with van der Waals surface area (Å²) >= 11 is 0. The summed E-state index contributed by atoms with van der Waals surface area (Å²) in [5.74, 6) is 0.783. The van der Waals surface area contributed by atoms with Gasteiger partial charge >= 0.3 is 0 Å². The van der Waals surface area contributed by atoms with Gasteiger partial charge in [-0.2, -0.15) is 0 Å². The van der Waals surface area contributed by atoms with E-state index in [2.05, 4.69) is 4.98 Å². The molecule has 1 heterocycles. The van der Waals surface area contributed by atoms with E-state index in [-0.39, 0.29) is 0 Å². The second kappa shape index (κ2) is 4.23. The first-order chi connectivity index (χ1) is 7.72. The highest BCUT2D eigenvalue weighted by Crippen LogP contribution is 2.32. The van der Waals surface area contributed by atoms with Crippen molar-refractivity contribution >= 4 is 5.69 Å². The van der Waals surface area contributed by atoms with Gasteiger partial charge in [-0.05, 0) is 24.6 Å². The van der Waals surface area contributed by atoms with E-state index >= 15 is 0 Å². The Labute approximate surface area is 94.9 Å². The number of pyridine rings is 1. The van der Waals surface area contributed by atoms with Crippen LogP contribution in [-0.4, -0.2) is 12.1 Å². The predicted molar refractivity (Wildman–Crippen MR) is 65.4 cm³/mol. The van der Waals surface area contributed by atoms with Crippen molar-refractivity contribution in [1.82, 2.24) is 4.98 Å². The lowest BCUT2D eigenvalue weighted by molar-refractivity contribution is 0.416. The number of hydrogen-bond donors (Lipinski definition) is 1. The Hall–Kier alpha value is -2.03. The van der Waals surface area contributed by atoms with E-state index < -0.39 is 0 Å². The Morgan fingerprint density at radius 3 is 2.69 bits per heavy atom. The Morgan fingerprint density at radius 2 is 2.00 bits per heavy atom. The van der Waals surface area contributed by atoms with E-state index in [0.717, 1.165) is 28.1 Å². The number of benzene rings is 1. The largest absolute Gasteiger partial charge is 0.496 e. The number of aryl methyl sites for hydroxylation is 1. The number of nitrogens with zero attached hydrogens (tertiary/aromatic N) is 1. The van der Waals surface area contributed by atoms with Crippen LogP contribution in [0.5, 0.6) is 5.75 Å². The monoisotopic (exact) mass is 214 g/mol. The number of rotatable bonds is 2. The van der Waals surface area contributed by atoms with Crippen LogP contribution in [0.4, 0.5) is 5.69 Å². The molecule has 16 heavy (non-hydrogen) atoms. The van der Waals surface area contributed by atoms with Crippen molar-refractivity contribution in [3.63, 3.8) is 0 Å². The fourth-order valence-corrected chi connectivity index (χ4v) is 1.69. The lowest BCUT2D eigenvalue weighted by Gasteiger charge is -2.10. The molecule has 0 amide bonds. The Morgan fingerprint density at radius 1 is 1.19 bits per heavy atom. The molecule has 0 unspecified atom stereocenters. The zero-order valence-electron chi connectivity index (χ0n) is 9.40. The quantitative estimate of drug-likeness (QED) is 0.782. The van der Waals surface area contributed by atoms with Crippen molar-refractivity contribution in [3.8, 4) is 16.9 Å². The van der Waals surface area contributed by atoms with Crippen LogP contribution >= 0.6 is 0 Å². The maximum Gasteiger partial charge on any atom is 0.129 e. The van der Waals surface area contributed by atoms with Crippen molar-refractivity contribution < 1.29 is 4.74 Å². The first-order valence-corrected chi connectivity index (χ1v) is 5.07. The molecular formula is C13H14N2O. The van der Waals surface area contributed by atoms with Crippen LogP contribution in [0.15, 0.2) is 36.7 Å². The molecule has 0 bridgehead atoms. The predicted octanol–water partition coefficient (Wildman–Crippen LogP) is 2.65. The van der Waals surface area contributed by atoms with Crippen molar-refractivity contribution in [1.29, 1.82) is 0 Å². The van der Waals surface area contributed by atoms with Crippen LogP contribution in [0.2, 0.25) is 0 Å². The van der Waals surface area contributed by atoms with Crippen LogP contribution in [0.25, 0.3) is 11.1 Å². The number of anilines is 1. The number of nitrogens with two attached hydrogens (primary N) is 1. The van der Waals surface area contributed by atoms with E-state index in [1.807, 2.05) is 31.2 Å². The minimum atomic E-state index is 0.742. The molecule has 0 saturated carbocycles. The molecule has 0 spiro atoms. The summed E-state index contributed by atoms with van der Waals surface area (Å²) in [6, 6.07) is 7.79. The lowest BCUT2D eigenvalue weighted by atomic mass is 10.0. The second-order valence-electron chi connectivity index (χ2n) is 3.67. The minimum absolute atomic E-state index is 0.742. The highest BCUT2D eigenvalue weighted by molar-refractivity contribution is 5.80. The summed E-state index contributed by atoms with van der Waals surface area (Å²) in [4.78, 5) is 4.10. The SMILES string of the molecule is COc1ccncc1-c1ccc(C)cc1N. The highest BCUT2D eigenvalue weighted by atomic mass is 16.5. The summed E-state index contributed by atoms with van der Waals surface area (Å²) in [7, 11) is 1.64. The lowest BCUT2D eigenvalue weighted by Crippen LogP contribution is -1.94. The zero-order chi connectivity index (χ0) is 11.5. The summed E-state index contributed by atoms with van der Waals surface area (Å²) in [5.41, 5.74) is 9.75. The first kappa shape index (κ1) is 10.5. The number of nitrogen functional groups attached to an aromatic ring is 1. The van der Waals surface area contributed by atoms with Gasteiger partial charge in [-0.15, -0.1) is 0 Å². The molecule has 0 fully saturated rings. The maximum atomic E-state index is 5.99. The number of methoxy groups -OCH3 is 1. The topological polar surface area (TPSA) is 48.1 Å². The molecule has 0 aliphatic carbocycles. The van der Waals surface area contributed by atoms with E-state index in [0.29, 0.717) is 0 Å². The molecule has 82 valence electrons. The van der Waals surface area contributed by atoms with Crippen LogP contribution < -0.4 is 10.5 Å². The summed E-state index contributed by atoms with van der Waals surface area (Å²) in [5, 5.41) is 0. The van der Waals surface area contributed by atoms with Gasteiger partial charge in [-0.3, -0.25) is 4.98 Å². The van der Waals surface area contributed by atoms with Gasteiger partial charge in [-0.1, -0.05) is 12.1 Å². The molecule has 0 saturated heterocycles. The number of ether oxygens (including phenoxy) is 1. The van der Waals surface area contributed by atoms with Gasteiger partial charge in [0.2, 0.25) is 0 Å². The van der Waals surface area contributed by atoms with Crippen molar-refractivity contribution in [3.05, 3.63) is 42.2 Å². The smallest absolute Gasteiger partial charge is 0.129 e. The third kappa shape index (κ3) is 1.84. The molecule has 1 aromatic carbocycles. The standard InChI is InChI=1S/C13H14N2O/c1-9-3-4-10(12(14)7-9)11-8-15-6-5-13(11)16-2/h3-8H,14H2,1-2H3. The molecule has 2 N–H and O–H groups in total. The zero-order valence-corrected chi connectivity index (χ0v) is 9.40. The highest BCUT2D eigenvalue weighted by Gasteiger charge is 2.08. The molecule has 3 nitrogen and oxygen atoms in total. The molecule has 3 heteroatoms. The molecule has 0 aliphatic rings. The molecule has 2 aromatic rings. The average Bonchev–Trinajstić information content (AvgIpc) is 2.29. The molecular weight excluding hydrogens is 200 g/mol. The van der Waals surface area contributed by atoms with E-state index in [4.69, 9.17) is 10.5 Å². The molecule has 2 rings (SSSR count). The van der Waals surface area contributed by atoms with Gasteiger partial charge < -0.3 is 10.5 Å². The van der Waals surface area contributed by atoms with Crippen LogP contribution in [0.3, 0.4) is 0 Å². The van der Waals surface area contributed by atoms with Crippen LogP contribution in [0.1, 0.15) is 5.56 Å². The Balaban J connectivity index is 2.58. The van der Waals surface area contributed by atoms with Gasteiger partial charge in [0.05, 0.1) is 7.11 Å². The van der Waals surface area contributed by atoms with Crippen molar-refractivity contribution in [2.45, 2.75) is 6.92 Å². The van der Waals surface area contributed by atoms with E-state index in [9.17, 15) is 0 Å². The summed E-state index contributed by atoms with van der Waals surface area (Å²) < 4.78 is 5.29.